The number of ketones is 1. The molecule has 1 aromatic rings. The van der Waals surface area contributed by atoms with Crippen LogP contribution >= 0.6 is 0 Å². The van der Waals surface area contributed by atoms with Gasteiger partial charge in [-0.2, -0.15) is 5.26 Å². The quantitative estimate of drug-likeness (QED) is 0.634. The number of aromatic hydroxyl groups is 1. The van der Waals surface area contributed by atoms with Gasteiger partial charge in [0.1, 0.15) is 5.75 Å². The zero-order chi connectivity index (χ0) is 9.14. The van der Waals surface area contributed by atoms with Gasteiger partial charge in [-0.25, -0.2) is 0 Å². The van der Waals surface area contributed by atoms with Crippen LogP contribution in [0.15, 0.2) is 18.2 Å². The third-order valence-corrected chi connectivity index (χ3v) is 1.50. The van der Waals surface area contributed by atoms with Crippen molar-refractivity contribution in [3.8, 4) is 11.8 Å². The fraction of sp³-hybridized carbons (Fsp3) is 0.111. The fourth-order valence-electron chi connectivity index (χ4n) is 0.888. The zero-order valence-electron chi connectivity index (χ0n) is 6.53. The second-order valence-electron chi connectivity index (χ2n) is 2.40. The van der Waals surface area contributed by atoms with Crippen LogP contribution in [0.2, 0.25) is 0 Å². The number of nitriles is 1. The SMILES string of the molecule is CC(=O)c1cc(C#N)ccc1O. The molecule has 0 atom stereocenters. The molecule has 1 rings (SSSR count). The van der Waals surface area contributed by atoms with Crippen molar-refractivity contribution < 1.29 is 9.90 Å². The summed E-state index contributed by atoms with van der Waals surface area (Å²) in [6, 6.07) is 6.06. The molecule has 12 heavy (non-hydrogen) atoms. The van der Waals surface area contributed by atoms with Gasteiger partial charge in [-0.3, -0.25) is 4.79 Å². The number of rotatable bonds is 1. The summed E-state index contributed by atoms with van der Waals surface area (Å²) in [6.07, 6.45) is 0. The topological polar surface area (TPSA) is 61.1 Å². The molecule has 60 valence electrons. The predicted octanol–water partition coefficient (Wildman–Crippen LogP) is 1.47. The summed E-state index contributed by atoms with van der Waals surface area (Å²) in [5.74, 6) is -0.328. The van der Waals surface area contributed by atoms with Gasteiger partial charge < -0.3 is 5.11 Å². The molecule has 0 aromatic heterocycles. The highest BCUT2D eigenvalue weighted by Crippen LogP contribution is 2.18. The smallest absolute Gasteiger partial charge is 0.163 e. The zero-order valence-corrected chi connectivity index (χ0v) is 6.53. The summed E-state index contributed by atoms with van der Waals surface area (Å²) in [5, 5.41) is 17.7. The molecule has 0 aliphatic heterocycles. The minimum absolute atomic E-state index is 0.0819. The summed E-state index contributed by atoms with van der Waals surface area (Å²) < 4.78 is 0. The molecule has 0 spiro atoms. The first kappa shape index (κ1) is 8.28. The van der Waals surface area contributed by atoms with Gasteiger partial charge in [0.2, 0.25) is 0 Å². The molecular weight excluding hydrogens is 154 g/mol. The number of benzene rings is 1. The number of nitrogens with zero attached hydrogens (tertiary/aromatic N) is 1. The van der Waals surface area contributed by atoms with Gasteiger partial charge in [0.05, 0.1) is 17.2 Å². The molecule has 0 aliphatic rings. The number of carbonyl (C=O) groups is 1. The molecule has 3 heteroatoms. The minimum atomic E-state index is -0.246. The second-order valence-corrected chi connectivity index (χ2v) is 2.40. The van der Waals surface area contributed by atoms with E-state index >= 15 is 0 Å². The first-order valence-corrected chi connectivity index (χ1v) is 3.39. The highest BCUT2D eigenvalue weighted by atomic mass is 16.3. The van der Waals surface area contributed by atoms with E-state index < -0.39 is 0 Å². The van der Waals surface area contributed by atoms with E-state index in [1.165, 1.54) is 25.1 Å². The van der Waals surface area contributed by atoms with E-state index in [0.717, 1.165) is 0 Å². The molecule has 0 radical (unpaired) electrons. The number of phenolic OH excluding ortho intramolecular Hbond substituents is 1. The van der Waals surface area contributed by atoms with Gasteiger partial charge in [-0.15, -0.1) is 0 Å². The summed E-state index contributed by atoms with van der Waals surface area (Å²) in [5.41, 5.74) is 0.562. The lowest BCUT2D eigenvalue weighted by Gasteiger charge is -1.98. The van der Waals surface area contributed by atoms with Crippen molar-refractivity contribution in [2.24, 2.45) is 0 Å². The summed E-state index contributed by atoms with van der Waals surface area (Å²) in [7, 11) is 0. The van der Waals surface area contributed by atoms with E-state index in [4.69, 9.17) is 5.26 Å². The van der Waals surface area contributed by atoms with Gasteiger partial charge in [0.25, 0.3) is 0 Å². The normalized spacial score (nSPS) is 9.00. The van der Waals surface area contributed by atoms with E-state index in [-0.39, 0.29) is 17.1 Å². The summed E-state index contributed by atoms with van der Waals surface area (Å²) in [4.78, 5) is 10.9. The Morgan fingerprint density at radius 1 is 1.58 bits per heavy atom. The first-order chi connectivity index (χ1) is 5.65. The first-order valence-electron chi connectivity index (χ1n) is 3.39. The van der Waals surface area contributed by atoms with Crippen LogP contribution in [0.25, 0.3) is 0 Å². The maximum atomic E-state index is 10.9. The molecule has 0 amide bonds. The third-order valence-electron chi connectivity index (χ3n) is 1.50. The van der Waals surface area contributed by atoms with Crippen LogP contribution in [0.1, 0.15) is 22.8 Å². The van der Waals surface area contributed by atoms with Crippen molar-refractivity contribution in [1.82, 2.24) is 0 Å². The molecule has 0 saturated heterocycles. The van der Waals surface area contributed by atoms with Crippen molar-refractivity contribution in [3.05, 3.63) is 29.3 Å². The van der Waals surface area contributed by atoms with Crippen molar-refractivity contribution in [2.75, 3.05) is 0 Å². The van der Waals surface area contributed by atoms with Crippen molar-refractivity contribution >= 4 is 5.78 Å². The Labute approximate surface area is 69.9 Å². The Bertz CT molecular complexity index is 363. The molecule has 0 saturated carbocycles. The monoisotopic (exact) mass is 161 g/mol. The fourth-order valence-corrected chi connectivity index (χ4v) is 0.888. The Hall–Kier alpha value is -1.82. The molecule has 0 heterocycles. The van der Waals surface area contributed by atoms with Crippen LogP contribution in [0.5, 0.6) is 5.75 Å². The summed E-state index contributed by atoms with van der Waals surface area (Å²) >= 11 is 0. The van der Waals surface area contributed by atoms with Crippen LogP contribution in [0.3, 0.4) is 0 Å². The number of hydrogen-bond acceptors (Lipinski definition) is 3. The van der Waals surface area contributed by atoms with E-state index in [0.29, 0.717) is 5.56 Å². The van der Waals surface area contributed by atoms with E-state index in [1.54, 1.807) is 0 Å². The number of phenols is 1. The van der Waals surface area contributed by atoms with E-state index in [9.17, 15) is 9.90 Å². The van der Waals surface area contributed by atoms with Gasteiger partial charge >= 0.3 is 0 Å². The maximum absolute atomic E-state index is 10.9. The van der Waals surface area contributed by atoms with Crippen LogP contribution in [0.4, 0.5) is 0 Å². The highest BCUT2D eigenvalue weighted by Gasteiger charge is 2.06. The average molecular weight is 161 g/mol. The number of hydrogen-bond donors (Lipinski definition) is 1. The van der Waals surface area contributed by atoms with Crippen molar-refractivity contribution in [1.29, 1.82) is 5.26 Å². The van der Waals surface area contributed by atoms with Gasteiger partial charge in [0.15, 0.2) is 5.78 Å². The standard InChI is InChI=1S/C9H7NO2/c1-6(11)8-4-7(5-10)2-3-9(8)12/h2-4,12H,1H3. The van der Waals surface area contributed by atoms with Gasteiger partial charge in [-0.1, -0.05) is 0 Å². The molecule has 3 nitrogen and oxygen atoms in total. The number of Topliss-reactive ketones (excluding diaryl/α,β-unsaturated/α-hetero) is 1. The Balaban J connectivity index is 3.28. The Morgan fingerprint density at radius 3 is 2.75 bits per heavy atom. The Morgan fingerprint density at radius 2 is 2.25 bits per heavy atom. The average Bonchev–Trinajstić information content (AvgIpc) is 2.05. The molecule has 1 aromatic carbocycles. The minimum Gasteiger partial charge on any atom is -0.507 e. The predicted molar refractivity (Wildman–Crippen MR) is 42.8 cm³/mol. The maximum Gasteiger partial charge on any atom is 0.163 e. The Kier molecular flexibility index (Phi) is 2.11. The van der Waals surface area contributed by atoms with Crippen LogP contribution in [-0.2, 0) is 0 Å². The largest absolute Gasteiger partial charge is 0.507 e. The van der Waals surface area contributed by atoms with Crippen molar-refractivity contribution in [2.45, 2.75) is 6.92 Å². The molecule has 0 fully saturated rings. The second kappa shape index (κ2) is 3.05. The van der Waals surface area contributed by atoms with Crippen LogP contribution in [0, 0.1) is 11.3 Å². The molecule has 1 N–H and O–H groups in total. The number of carbonyl (C=O) groups excluding carboxylic acids is 1. The molecule has 0 aliphatic carbocycles. The lowest BCUT2D eigenvalue weighted by Crippen LogP contribution is -1.93. The van der Waals surface area contributed by atoms with Crippen LogP contribution in [-0.4, -0.2) is 10.9 Å². The van der Waals surface area contributed by atoms with Crippen LogP contribution < -0.4 is 0 Å². The lowest BCUT2D eigenvalue weighted by molar-refractivity contribution is 0.101. The van der Waals surface area contributed by atoms with E-state index in [2.05, 4.69) is 0 Å². The van der Waals surface area contributed by atoms with Gasteiger partial charge in [-0.05, 0) is 25.1 Å². The van der Waals surface area contributed by atoms with Crippen molar-refractivity contribution in [3.63, 3.8) is 0 Å². The summed E-state index contributed by atoms with van der Waals surface area (Å²) in [6.45, 7) is 1.34. The van der Waals surface area contributed by atoms with E-state index in [1.807, 2.05) is 6.07 Å². The molecular formula is C9H7NO2. The van der Waals surface area contributed by atoms with Gasteiger partial charge in [0, 0.05) is 0 Å². The lowest BCUT2D eigenvalue weighted by atomic mass is 10.1. The highest BCUT2D eigenvalue weighted by molar-refractivity contribution is 5.97. The molecule has 0 bridgehead atoms. The molecule has 0 unspecified atom stereocenters. The third kappa shape index (κ3) is 1.43.